The van der Waals surface area contributed by atoms with Crippen molar-refractivity contribution in [1.29, 1.82) is 5.41 Å². The van der Waals surface area contributed by atoms with Crippen molar-refractivity contribution in [3.8, 4) is 17.0 Å². The Morgan fingerprint density at radius 1 is 0.602 bits per heavy atom. The second-order valence-corrected chi connectivity index (χ2v) is 55.3. The van der Waals surface area contributed by atoms with Gasteiger partial charge in [-0.05, 0) is 47.0 Å². The molecule has 2 aromatic heterocycles. The first-order valence-corrected chi connectivity index (χ1v) is 57.6. The molecule has 0 radical (unpaired) electrons. The maximum absolute atomic E-state index is 12.0. The number of nitrogens with one attached hydrogen (secondary N) is 2. The molecule has 6 aromatic carbocycles. The number of hydrogen-bond acceptors (Lipinski definition) is 17. The number of rotatable bonds is 28. The van der Waals surface area contributed by atoms with Gasteiger partial charge in [-0.15, -0.1) is 0 Å². The van der Waals surface area contributed by atoms with E-state index in [1.54, 1.807) is 6.07 Å². The number of carbonyl (C=O) groups excluding carboxylic acids is 1. The van der Waals surface area contributed by atoms with E-state index in [4.69, 9.17) is 107 Å². The average molecular weight is 1900 g/mol. The van der Waals surface area contributed by atoms with E-state index in [0.29, 0.717) is 54.6 Å². The predicted molar refractivity (Wildman–Crippen MR) is 479 cm³/mol. The van der Waals surface area contributed by atoms with Crippen LogP contribution in [0.25, 0.3) is 0 Å². The van der Waals surface area contributed by atoms with Crippen LogP contribution in [0.15, 0.2) is 188 Å². The molecule has 620 valence electrons. The van der Waals surface area contributed by atoms with Crippen molar-refractivity contribution in [2.45, 2.75) is 219 Å². The van der Waals surface area contributed by atoms with Crippen LogP contribution >= 0.6 is 62.0 Å². The van der Waals surface area contributed by atoms with Gasteiger partial charge in [-0.2, -0.15) is 19.3 Å². The van der Waals surface area contributed by atoms with Crippen LogP contribution < -0.4 is 46.5 Å². The molecule has 18 nitrogen and oxygen atoms in total. The summed E-state index contributed by atoms with van der Waals surface area (Å²) in [4.78, 5) is 36.0. The zero-order chi connectivity index (χ0) is 82.6. The van der Waals surface area contributed by atoms with Gasteiger partial charge in [-0.1, -0.05) is 164 Å². The Hall–Kier alpha value is -5.18. The Morgan fingerprint density at radius 2 is 0.973 bits per heavy atom. The fraction of sp³-hybridized carbons (Fsp3) is 0.477. The fourth-order valence-corrected chi connectivity index (χ4v) is 36.5. The third-order valence-corrected chi connectivity index (χ3v) is 47.3. The number of unbranched alkanes of at least 4 members (excludes halogenated alkanes) is 9. The molecule has 8 aromatic rings. The molecule has 0 bridgehead atoms. The van der Waals surface area contributed by atoms with Crippen molar-refractivity contribution in [3.63, 3.8) is 0 Å². The molecular weight excluding hydrogens is 1780 g/mol. The fourth-order valence-electron chi connectivity index (χ4n) is 12.9. The minimum atomic E-state index is -3.80. The van der Waals surface area contributed by atoms with E-state index in [9.17, 15) is 4.79 Å². The first-order valence-electron chi connectivity index (χ1n) is 39.7. The summed E-state index contributed by atoms with van der Waals surface area (Å²) in [7, 11) is 10.2. The number of nitrogens with two attached hydrogens (primary N) is 1. The van der Waals surface area contributed by atoms with Crippen molar-refractivity contribution >= 4 is 149 Å². The van der Waals surface area contributed by atoms with E-state index in [1.807, 2.05) is 93.6 Å². The van der Waals surface area contributed by atoms with Crippen LogP contribution in [0.5, 0.6) is 17.0 Å². The number of morpholine rings is 1. The number of carboxylic acids is 1. The minimum absolute atomic E-state index is 0.0934. The number of carboxylic acid groups (broad SMARTS) is 1. The van der Waals surface area contributed by atoms with E-state index in [0.717, 1.165) is 61.3 Å². The molecule has 2 unspecified atom stereocenters. The monoisotopic (exact) mass is 1900 g/mol. The molecule has 1 aliphatic heterocycles. The summed E-state index contributed by atoms with van der Waals surface area (Å²) in [6.45, 7) is 16.4. The van der Waals surface area contributed by atoms with Gasteiger partial charge in [-0.3, -0.25) is 15.1 Å². The SMILES string of the molecule is CC(=O)O.CC(=O)[O][Sn]([c]1ccccc1)([c]1ccccc1)[c]1ccccc1.CC1CN(C2CCCCCCCCCCC2)CC(C)O1.CCCCCCCCCCCCNC(=N)N.CCOc1cc(OP(=S)(OC)OC)nc(CC)n1.CCOc1nc(C(Cl)(Cl)Cl)ns1.[Cl][Sn]([c]1ccccc1)([c]1ccccc1)[c]1ccccc1. The van der Waals surface area contributed by atoms with Crippen LogP contribution in [0.1, 0.15) is 202 Å². The number of aromatic nitrogens is 4. The van der Waals surface area contributed by atoms with Gasteiger partial charge in [0.05, 0.1) is 31.5 Å². The van der Waals surface area contributed by atoms with Crippen molar-refractivity contribution in [2.75, 3.05) is 47.1 Å². The Kier molecular flexibility index (Phi) is 51.3. The van der Waals surface area contributed by atoms with Gasteiger partial charge < -0.3 is 43.9 Å². The topological polar surface area (TPSA) is 236 Å². The van der Waals surface area contributed by atoms with Gasteiger partial charge in [0.1, 0.15) is 5.82 Å². The summed E-state index contributed by atoms with van der Waals surface area (Å²) in [6.07, 6.45) is 30.9. The van der Waals surface area contributed by atoms with E-state index in [2.05, 4.69) is 160 Å². The number of halogens is 4. The number of aliphatic carboxylic acids is 1. The second-order valence-electron chi connectivity index (χ2n) is 27.3. The summed E-state index contributed by atoms with van der Waals surface area (Å²) in [5, 5.41) is 17.7. The maximum atomic E-state index is 12.0. The normalized spacial score (nSPS) is 14.8. The molecule has 1 aliphatic carbocycles. The van der Waals surface area contributed by atoms with Gasteiger partial charge >= 0.3 is 276 Å². The van der Waals surface area contributed by atoms with E-state index in [-0.39, 0.29) is 17.8 Å². The summed E-state index contributed by atoms with van der Waals surface area (Å²) < 4.78 is 47.6. The number of guanidine groups is 1. The number of benzene rings is 6. The third-order valence-electron chi connectivity index (χ3n) is 18.2. The Bertz CT molecular complexity index is 3660. The van der Waals surface area contributed by atoms with Gasteiger partial charge in [0.25, 0.3) is 15.0 Å². The van der Waals surface area contributed by atoms with Crippen molar-refractivity contribution < 1.29 is 45.6 Å². The molecule has 1 saturated carbocycles. The third kappa shape index (κ3) is 39.3. The van der Waals surface area contributed by atoms with Crippen LogP contribution in [0.3, 0.4) is 0 Å². The zero-order valence-corrected chi connectivity index (χ0v) is 79.2. The van der Waals surface area contributed by atoms with Crippen LogP contribution in [0.4, 0.5) is 0 Å². The Morgan fingerprint density at radius 3 is 1.32 bits per heavy atom. The quantitative estimate of drug-likeness (QED) is 0.00891. The molecule has 113 heavy (non-hydrogen) atoms. The number of carbonyl (C=O) groups is 2. The average Bonchev–Trinajstić information content (AvgIpc) is 0.920. The molecule has 2 aliphatic rings. The van der Waals surface area contributed by atoms with E-state index in [1.165, 1.54) is 160 Å². The molecular formula is C86H123Cl4N8O10PS2Sn2. The number of nitrogens with zero attached hydrogens (tertiary/aromatic N) is 5. The molecule has 5 N–H and O–H groups in total. The van der Waals surface area contributed by atoms with Crippen LogP contribution in [0.2, 0.25) is 0 Å². The molecule has 2 atom stereocenters. The van der Waals surface area contributed by atoms with Crippen molar-refractivity contribution in [1.82, 2.24) is 29.5 Å². The van der Waals surface area contributed by atoms with Gasteiger partial charge in [-0.25, -0.2) is 0 Å². The molecule has 3 heterocycles. The first kappa shape index (κ1) is 100. The van der Waals surface area contributed by atoms with Crippen molar-refractivity contribution in [2.24, 2.45) is 5.73 Å². The summed E-state index contributed by atoms with van der Waals surface area (Å²) >= 11 is 15.7. The summed E-state index contributed by atoms with van der Waals surface area (Å²) in [5.41, 5.74) is 5.18. The molecule has 27 heteroatoms. The number of hydrogen-bond donors (Lipinski definition) is 4. The van der Waals surface area contributed by atoms with Gasteiger partial charge in [0.2, 0.25) is 11.8 Å². The molecule has 0 spiro atoms. The van der Waals surface area contributed by atoms with Crippen LogP contribution in [0, 0.1) is 5.41 Å². The molecule has 10 rings (SSSR count). The second kappa shape index (κ2) is 57.8. The zero-order valence-electron chi connectivity index (χ0n) is 67.9. The van der Waals surface area contributed by atoms with E-state index < -0.39 is 52.5 Å². The Balaban J connectivity index is 0.000000285. The van der Waals surface area contributed by atoms with Crippen LogP contribution in [-0.2, 0) is 48.5 Å². The molecule has 2 fully saturated rings. The molecule has 0 amide bonds. The Labute approximate surface area is 711 Å². The summed E-state index contributed by atoms with van der Waals surface area (Å²) in [5.74, 6) is 0.560. The molecule has 1 saturated heterocycles. The predicted octanol–water partition coefficient (Wildman–Crippen LogP) is 18.5. The van der Waals surface area contributed by atoms with Crippen molar-refractivity contribution in [3.05, 3.63) is 200 Å². The first-order chi connectivity index (χ1) is 54.4. The van der Waals surface area contributed by atoms with Crippen LogP contribution in [-0.4, -0.2) is 149 Å². The number of alkyl halides is 3. The number of ether oxygens (including phenoxy) is 3. The van der Waals surface area contributed by atoms with Gasteiger partial charge in [0, 0.05) is 76.6 Å². The standard InChI is InChI=1S/C18H35NO.C13H29N3.C10H17N2O4PS.6C6H5.C5H5Cl3N2OS.2C2H4O2.ClH.2Sn/c1-16-14-19(15-17(2)20-16)18-12-10-8-6-4-3-5-7-9-11-13-18;1-2-3-4-5-6-7-8-9-10-11-12-16-13(14)15;1-5-8-11-9(15-6-2)7-10(12-8)16-17(18,13-3)14-4;6*1-2-4-6-5-3-1;1-2-11-4-9-3(10-12-4)5(6,7)8;2*1-2(3)4;;;/h16-18H,3-15H2,1-2H3;2-12H2,1H3,(H4,14,15,16);7H,5-6H2,1-4H3;6*1-5H;2H2,1H3;2*1H3,(H,3,4);1H;;/q;;;;;;;;;;;;;2*+1/p-2. The number of aryl methyl sites for hydroxylation is 1. The van der Waals surface area contributed by atoms with Gasteiger partial charge in [0.15, 0.2) is 11.8 Å². The van der Waals surface area contributed by atoms with E-state index >= 15 is 0 Å². The summed E-state index contributed by atoms with van der Waals surface area (Å²) in [6, 6.07) is 64.5.